The third kappa shape index (κ3) is 7.46. The molecule has 8 heteroatoms. The highest BCUT2D eigenvalue weighted by Crippen LogP contribution is 2.25. The highest BCUT2D eigenvalue weighted by atomic mass is 35.5. The van der Waals surface area contributed by atoms with Crippen molar-refractivity contribution in [2.45, 2.75) is 26.9 Å². The molecule has 0 aliphatic heterocycles. The molecule has 0 atom stereocenters. The number of rotatable bonds is 8. The van der Waals surface area contributed by atoms with E-state index in [9.17, 15) is 14.4 Å². The first kappa shape index (κ1) is 22.2. The lowest BCUT2D eigenvalue weighted by Crippen LogP contribution is -2.23. The molecule has 2 aromatic carbocycles. The second-order valence-electron chi connectivity index (χ2n) is 6.46. The average Bonchev–Trinajstić information content (AvgIpc) is 2.67. The van der Waals surface area contributed by atoms with Crippen LogP contribution in [0.25, 0.3) is 0 Å². The second-order valence-corrected chi connectivity index (χ2v) is 6.87. The molecule has 1 N–H and O–H groups in total. The van der Waals surface area contributed by atoms with Crippen LogP contribution in [0.2, 0.25) is 5.02 Å². The van der Waals surface area contributed by atoms with Crippen LogP contribution in [0.15, 0.2) is 42.5 Å². The molecule has 0 aromatic heterocycles. The predicted octanol–water partition coefficient (Wildman–Crippen LogP) is 3.77. The van der Waals surface area contributed by atoms with Crippen molar-refractivity contribution in [2.75, 3.05) is 18.5 Å². The third-order valence-electron chi connectivity index (χ3n) is 3.54. The summed E-state index contributed by atoms with van der Waals surface area (Å²) in [5.74, 6) is -1.31. The highest BCUT2D eigenvalue weighted by molar-refractivity contribution is 6.32. The molecule has 0 spiro atoms. The Morgan fingerprint density at radius 3 is 2.38 bits per heavy atom. The number of carbonyl (C=O) groups is 3. The SMILES string of the molecule is Cc1ccc(Cl)c(OCC(=O)OCC(=O)Nc2ccc(C(=O)OC(C)C)cc2)c1. The zero-order valence-corrected chi connectivity index (χ0v) is 17.1. The quantitative estimate of drug-likeness (QED) is 0.655. The van der Waals surface area contributed by atoms with Gasteiger partial charge in [0.15, 0.2) is 13.2 Å². The van der Waals surface area contributed by atoms with E-state index in [1.165, 1.54) is 12.1 Å². The van der Waals surface area contributed by atoms with E-state index in [1.807, 2.05) is 13.0 Å². The Labute approximate surface area is 173 Å². The van der Waals surface area contributed by atoms with E-state index in [-0.39, 0.29) is 12.7 Å². The number of halogens is 1. The van der Waals surface area contributed by atoms with Crippen LogP contribution in [-0.4, -0.2) is 37.2 Å². The van der Waals surface area contributed by atoms with Crippen LogP contribution in [0, 0.1) is 6.92 Å². The number of amides is 1. The van der Waals surface area contributed by atoms with E-state index in [4.69, 9.17) is 25.8 Å². The number of ether oxygens (including phenoxy) is 3. The van der Waals surface area contributed by atoms with Gasteiger partial charge in [0, 0.05) is 5.69 Å². The van der Waals surface area contributed by atoms with Gasteiger partial charge in [-0.15, -0.1) is 0 Å². The summed E-state index contributed by atoms with van der Waals surface area (Å²) in [6.07, 6.45) is -0.220. The summed E-state index contributed by atoms with van der Waals surface area (Å²) in [7, 11) is 0. The first-order valence-corrected chi connectivity index (χ1v) is 9.28. The normalized spacial score (nSPS) is 10.4. The van der Waals surface area contributed by atoms with Gasteiger partial charge in [0.25, 0.3) is 5.91 Å². The number of nitrogens with one attached hydrogen (secondary N) is 1. The molecule has 154 valence electrons. The molecule has 2 aromatic rings. The van der Waals surface area contributed by atoms with Gasteiger partial charge < -0.3 is 19.5 Å². The number of carbonyl (C=O) groups excluding carboxylic acids is 3. The fourth-order valence-electron chi connectivity index (χ4n) is 2.21. The first-order chi connectivity index (χ1) is 13.7. The number of hydrogen-bond donors (Lipinski definition) is 1. The smallest absolute Gasteiger partial charge is 0.344 e. The maximum absolute atomic E-state index is 11.9. The summed E-state index contributed by atoms with van der Waals surface area (Å²) in [6, 6.07) is 11.4. The van der Waals surface area contributed by atoms with Crippen molar-refractivity contribution in [1.82, 2.24) is 0 Å². The van der Waals surface area contributed by atoms with Crippen molar-refractivity contribution in [1.29, 1.82) is 0 Å². The Bertz CT molecular complexity index is 879. The molecule has 0 heterocycles. The topological polar surface area (TPSA) is 90.9 Å². The van der Waals surface area contributed by atoms with Gasteiger partial charge in [0.1, 0.15) is 5.75 Å². The molecule has 0 unspecified atom stereocenters. The van der Waals surface area contributed by atoms with Crippen LogP contribution >= 0.6 is 11.6 Å². The Balaban J connectivity index is 1.77. The molecule has 0 aliphatic carbocycles. The van der Waals surface area contributed by atoms with E-state index in [2.05, 4.69) is 5.32 Å². The zero-order chi connectivity index (χ0) is 21.4. The van der Waals surface area contributed by atoms with Crippen LogP contribution in [-0.2, 0) is 19.1 Å². The molecule has 7 nitrogen and oxygen atoms in total. The zero-order valence-electron chi connectivity index (χ0n) is 16.4. The minimum absolute atomic E-state index is 0.220. The molecule has 0 aliphatic rings. The lowest BCUT2D eigenvalue weighted by atomic mass is 10.2. The van der Waals surface area contributed by atoms with Gasteiger partial charge in [-0.05, 0) is 62.7 Å². The van der Waals surface area contributed by atoms with Gasteiger partial charge >= 0.3 is 11.9 Å². The monoisotopic (exact) mass is 419 g/mol. The minimum Gasteiger partial charge on any atom is -0.480 e. The number of hydrogen-bond acceptors (Lipinski definition) is 6. The van der Waals surface area contributed by atoms with Gasteiger partial charge in [-0.1, -0.05) is 17.7 Å². The lowest BCUT2D eigenvalue weighted by molar-refractivity contribution is -0.149. The molecular weight excluding hydrogens is 398 g/mol. The first-order valence-electron chi connectivity index (χ1n) is 8.90. The average molecular weight is 420 g/mol. The number of benzene rings is 2. The summed E-state index contributed by atoms with van der Waals surface area (Å²) in [5, 5.41) is 2.94. The Morgan fingerprint density at radius 2 is 1.72 bits per heavy atom. The third-order valence-corrected chi connectivity index (χ3v) is 3.86. The van der Waals surface area contributed by atoms with Crippen molar-refractivity contribution in [3.05, 3.63) is 58.6 Å². The number of aryl methyl sites for hydroxylation is 1. The molecule has 0 saturated heterocycles. The summed E-state index contributed by atoms with van der Waals surface area (Å²) in [5.41, 5.74) is 1.76. The van der Waals surface area contributed by atoms with Gasteiger partial charge in [0.2, 0.25) is 0 Å². The fourth-order valence-corrected chi connectivity index (χ4v) is 2.39. The van der Waals surface area contributed by atoms with Crippen molar-refractivity contribution in [3.8, 4) is 5.75 Å². The predicted molar refractivity (Wildman–Crippen MR) is 108 cm³/mol. The van der Waals surface area contributed by atoms with Gasteiger partial charge in [-0.25, -0.2) is 9.59 Å². The largest absolute Gasteiger partial charge is 0.480 e. The van der Waals surface area contributed by atoms with Crippen LogP contribution in [0.5, 0.6) is 5.75 Å². The van der Waals surface area contributed by atoms with Crippen LogP contribution < -0.4 is 10.1 Å². The van der Waals surface area contributed by atoms with Crippen LogP contribution in [0.3, 0.4) is 0 Å². The molecular formula is C21H22ClNO6. The summed E-state index contributed by atoms with van der Waals surface area (Å²) >= 11 is 5.98. The molecule has 1 amide bonds. The molecule has 0 bridgehead atoms. The van der Waals surface area contributed by atoms with Gasteiger partial charge in [-0.3, -0.25) is 4.79 Å². The lowest BCUT2D eigenvalue weighted by Gasteiger charge is -2.10. The van der Waals surface area contributed by atoms with E-state index in [0.29, 0.717) is 22.0 Å². The molecule has 0 radical (unpaired) electrons. The molecule has 29 heavy (non-hydrogen) atoms. The molecule has 2 rings (SSSR count). The van der Waals surface area contributed by atoms with Crippen LogP contribution in [0.1, 0.15) is 29.8 Å². The van der Waals surface area contributed by atoms with E-state index < -0.39 is 24.5 Å². The fraction of sp³-hybridized carbons (Fsp3) is 0.286. The Morgan fingerprint density at radius 1 is 1.03 bits per heavy atom. The number of anilines is 1. The maximum atomic E-state index is 11.9. The molecule has 0 saturated carbocycles. The Kier molecular flexibility index (Phi) is 8.03. The summed E-state index contributed by atoms with van der Waals surface area (Å²) < 4.78 is 15.3. The van der Waals surface area contributed by atoms with E-state index in [1.54, 1.807) is 38.1 Å². The second kappa shape index (κ2) is 10.5. The van der Waals surface area contributed by atoms with Gasteiger partial charge in [0.05, 0.1) is 16.7 Å². The molecule has 0 fully saturated rings. The van der Waals surface area contributed by atoms with Gasteiger partial charge in [-0.2, -0.15) is 0 Å². The maximum Gasteiger partial charge on any atom is 0.344 e. The van der Waals surface area contributed by atoms with Crippen molar-refractivity contribution < 1.29 is 28.6 Å². The standard InChI is InChI=1S/C21H22ClNO6/c1-13(2)29-21(26)15-5-7-16(8-6-15)23-19(24)11-28-20(25)12-27-18-10-14(3)4-9-17(18)22/h4-10,13H,11-12H2,1-3H3,(H,23,24). The van der Waals surface area contributed by atoms with Crippen molar-refractivity contribution in [3.63, 3.8) is 0 Å². The summed E-state index contributed by atoms with van der Waals surface area (Å²) in [6.45, 7) is 4.54. The van der Waals surface area contributed by atoms with Crippen molar-refractivity contribution in [2.24, 2.45) is 0 Å². The van der Waals surface area contributed by atoms with Crippen LogP contribution in [0.4, 0.5) is 5.69 Å². The van der Waals surface area contributed by atoms with Crippen molar-refractivity contribution >= 4 is 35.1 Å². The van der Waals surface area contributed by atoms with E-state index >= 15 is 0 Å². The highest BCUT2D eigenvalue weighted by Gasteiger charge is 2.12. The summed E-state index contributed by atoms with van der Waals surface area (Å²) in [4.78, 5) is 35.5. The number of esters is 2. The Hall–Kier alpha value is -3.06. The van der Waals surface area contributed by atoms with E-state index in [0.717, 1.165) is 5.56 Å². The minimum atomic E-state index is -0.704.